The van der Waals surface area contributed by atoms with E-state index in [1.54, 1.807) is 0 Å². The molecule has 338 valence electrons. The number of hydrogen-bond donors (Lipinski definition) is 0. The third kappa shape index (κ3) is 5.77. The third-order valence-corrected chi connectivity index (χ3v) is 15.1. The molecule has 0 saturated carbocycles. The van der Waals surface area contributed by atoms with Crippen LogP contribution in [-0.4, -0.2) is 15.0 Å². The first-order valence-corrected chi connectivity index (χ1v) is 24.8. The van der Waals surface area contributed by atoms with Crippen LogP contribution in [0.4, 0.5) is 5.69 Å². The maximum atomic E-state index is 7.34. The SMILES string of the molecule is C1=Cc2oc3ccccc3c2N=C(n2c3ccccc3c3c4ccccc4c4c(oc5ccc6cc(-c7ccc8c(c7)c7ccccc7n8-c7ccccc7)ccc6c54)c32)C=1c1ccccc1-c1ccccc1. The number of furan rings is 2. The van der Waals surface area contributed by atoms with E-state index in [9.17, 15) is 0 Å². The van der Waals surface area contributed by atoms with E-state index < -0.39 is 0 Å². The summed E-state index contributed by atoms with van der Waals surface area (Å²) in [6.45, 7) is 0. The van der Waals surface area contributed by atoms with Gasteiger partial charge in [0.15, 0.2) is 17.2 Å². The Kier molecular flexibility index (Phi) is 8.35. The number of nitrogens with zero attached hydrogens (tertiary/aromatic N) is 3. The number of aromatic nitrogens is 2. The van der Waals surface area contributed by atoms with Crippen molar-refractivity contribution < 1.29 is 8.83 Å². The lowest BCUT2D eigenvalue weighted by Gasteiger charge is -2.17. The molecule has 5 nitrogen and oxygen atoms in total. The number of hydrogen-bond acceptors (Lipinski definition) is 3. The maximum Gasteiger partial charge on any atom is 0.161 e. The van der Waals surface area contributed by atoms with Crippen LogP contribution in [-0.2, 0) is 0 Å². The van der Waals surface area contributed by atoms with Crippen LogP contribution in [0.5, 0.6) is 0 Å². The fourth-order valence-corrected chi connectivity index (χ4v) is 12.0. The molecule has 0 fully saturated rings. The molecule has 0 unspecified atom stereocenters. The summed E-state index contributed by atoms with van der Waals surface area (Å²) in [5.41, 5.74) is 18.8. The van der Waals surface area contributed by atoms with E-state index in [-0.39, 0.29) is 0 Å². The lowest BCUT2D eigenvalue weighted by molar-refractivity contribution is 0.605. The van der Waals surface area contributed by atoms with E-state index in [4.69, 9.17) is 13.8 Å². The minimum Gasteiger partial charge on any atom is -0.454 e. The fraction of sp³-hybridized carbons (Fsp3) is 0. The first kappa shape index (κ1) is 39.9. The Morgan fingerprint density at radius 1 is 0.384 bits per heavy atom. The molecule has 4 aromatic heterocycles. The fourth-order valence-electron chi connectivity index (χ4n) is 12.0. The molecular formula is C68H39N3O2. The molecule has 73 heavy (non-hydrogen) atoms. The molecule has 1 aliphatic heterocycles. The molecule has 0 spiro atoms. The average Bonchev–Trinajstić information content (AvgIpc) is 4.22. The zero-order chi connectivity index (χ0) is 47.7. The summed E-state index contributed by atoms with van der Waals surface area (Å²) in [7, 11) is 0. The van der Waals surface area contributed by atoms with Gasteiger partial charge in [-0.15, -0.1) is 5.73 Å². The van der Waals surface area contributed by atoms with Gasteiger partial charge in [0, 0.05) is 55.0 Å². The molecule has 0 atom stereocenters. The molecule has 5 heteroatoms. The van der Waals surface area contributed by atoms with E-state index in [1.165, 1.54) is 27.4 Å². The van der Waals surface area contributed by atoms with Crippen molar-refractivity contribution in [3.05, 3.63) is 248 Å². The summed E-state index contributed by atoms with van der Waals surface area (Å²) in [6.07, 6.45) is 1.96. The van der Waals surface area contributed by atoms with Crippen LogP contribution < -0.4 is 0 Å². The second-order valence-corrected chi connectivity index (χ2v) is 19.0. The van der Waals surface area contributed by atoms with E-state index in [1.807, 2.05) is 24.3 Å². The number of fused-ring (bicyclic) bond motifs is 18. The number of benzene rings is 11. The minimum atomic E-state index is 0.663. The predicted octanol–water partition coefficient (Wildman–Crippen LogP) is 18.5. The van der Waals surface area contributed by atoms with E-state index in [2.05, 4.69) is 227 Å². The van der Waals surface area contributed by atoms with Crippen molar-refractivity contribution in [2.24, 2.45) is 4.99 Å². The number of para-hydroxylation sites is 4. The highest BCUT2D eigenvalue weighted by Gasteiger charge is 2.29. The molecule has 16 rings (SSSR count). The topological polar surface area (TPSA) is 48.5 Å². The molecule has 0 radical (unpaired) electrons. The monoisotopic (exact) mass is 929 g/mol. The van der Waals surface area contributed by atoms with E-state index in [0.717, 1.165) is 121 Å². The summed E-state index contributed by atoms with van der Waals surface area (Å²) in [4.78, 5) is 5.76. The Labute approximate surface area is 417 Å². The van der Waals surface area contributed by atoms with Gasteiger partial charge in [0.1, 0.15) is 16.9 Å². The molecule has 11 aromatic carbocycles. The lowest BCUT2D eigenvalue weighted by Crippen LogP contribution is -2.14. The number of aliphatic imine (C=N–C) groups is 1. The van der Waals surface area contributed by atoms with Crippen molar-refractivity contribution >= 4 is 121 Å². The van der Waals surface area contributed by atoms with Crippen molar-refractivity contribution in [3.8, 4) is 27.9 Å². The van der Waals surface area contributed by atoms with Gasteiger partial charge < -0.3 is 13.4 Å². The quantitative estimate of drug-likeness (QED) is 0.165. The van der Waals surface area contributed by atoms with Crippen LogP contribution >= 0.6 is 0 Å². The standard InChI is InChI=1S/C68H39N3O2/c1-3-17-41(18-4-1)46-21-7-8-22-48(46)52-35-38-61-65(54-27-13-16-30-59(54)72-61)69-68(52)71-57-29-15-12-26-53(57)62-50-24-9-10-25-51(50)64-63-47-34-31-42(39-44(47)33-37-60(63)73-67(64)66(62)71)43-32-36-58-55(40-43)49-23-11-14-28-56(49)70(58)45-19-5-2-6-20-45/h1-34,36-40H. The van der Waals surface area contributed by atoms with Crippen LogP contribution in [0, 0.1) is 0 Å². The molecule has 0 saturated heterocycles. The van der Waals surface area contributed by atoms with Crippen molar-refractivity contribution in [2.45, 2.75) is 0 Å². The average molecular weight is 930 g/mol. The summed E-state index contributed by atoms with van der Waals surface area (Å²) in [5.74, 6) is 1.39. The van der Waals surface area contributed by atoms with Gasteiger partial charge in [0.25, 0.3) is 0 Å². The first-order valence-electron chi connectivity index (χ1n) is 24.8. The summed E-state index contributed by atoms with van der Waals surface area (Å²) in [6, 6.07) is 82.3. The van der Waals surface area contributed by atoms with Crippen LogP contribution in [0.1, 0.15) is 11.3 Å². The second-order valence-electron chi connectivity index (χ2n) is 19.0. The molecule has 1 aliphatic rings. The highest BCUT2D eigenvalue weighted by atomic mass is 16.3. The Morgan fingerprint density at radius 3 is 1.84 bits per heavy atom. The van der Waals surface area contributed by atoms with E-state index >= 15 is 0 Å². The molecular weight excluding hydrogens is 891 g/mol. The predicted molar refractivity (Wildman–Crippen MR) is 303 cm³/mol. The summed E-state index contributed by atoms with van der Waals surface area (Å²) >= 11 is 0. The first-order chi connectivity index (χ1) is 36.2. The Balaban J connectivity index is 0.968. The summed E-state index contributed by atoms with van der Waals surface area (Å²) in [5, 5.41) is 12.3. The van der Waals surface area contributed by atoms with Gasteiger partial charge in [-0.3, -0.25) is 4.57 Å². The Hall–Kier alpha value is -9.93. The molecule has 0 N–H and O–H groups in total. The van der Waals surface area contributed by atoms with Crippen molar-refractivity contribution in [1.82, 2.24) is 9.13 Å². The van der Waals surface area contributed by atoms with Gasteiger partial charge in [-0.05, 0) is 104 Å². The number of allylic oxidation sites excluding steroid dienone is 1. The van der Waals surface area contributed by atoms with Gasteiger partial charge in [-0.2, -0.15) is 0 Å². The molecule has 5 heterocycles. The van der Waals surface area contributed by atoms with Gasteiger partial charge in [0.05, 0.1) is 27.6 Å². The van der Waals surface area contributed by atoms with E-state index in [0.29, 0.717) is 5.76 Å². The van der Waals surface area contributed by atoms with Gasteiger partial charge in [-0.25, -0.2) is 4.99 Å². The lowest BCUT2D eigenvalue weighted by atomic mass is 9.94. The van der Waals surface area contributed by atoms with Gasteiger partial charge >= 0.3 is 0 Å². The summed E-state index contributed by atoms with van der Waals surface area (Å²) < 4.78 is 18.6. The molecule has 0 amide bonds. The van der Waals surface area contributed by atoms with Crippen LogP contribution in [0.25, 0.3) is 138 Å². The highest BCUT2D eigenvalue weighted by Crippen LogP contribution is 2.49. The van der Waals surface area contributed by atoms with Gasteiger partial charge in [0.2, 0.25) is 0 Å². The zero-order valence-corrected chi connectivity index (χ0v) is 39.2. The molecule has 15 aromatic rings. The highest BCUT2D eigenvalue weighted by molar-refractivity contribution is 6.41. The normalized spacial score (nSPS) is 12.8. The Bertz CT molecular complexity index is 4940. The van der Waals surface area contributed by atoms with Crippen LogP contribution in [0.3, 0.4) is 0 Å². The van der Waals surface area contributed by atoms with Gasteiger partial charge in [-0.1, -0.05) is 170 Å². The van der Waals surface area contributed by atoms with Crippen LogP contribution in [0.2, 0.25) is 0 Å². The minimum absolute atomic E-state index is 0.663. The third-order valence-electron chi connectivity index (χ3n) is 15.1. The zero-order valence-electron chi connectivity index (χ0n) is 39.2. The molecule has 0 bridgehead atoms. The van der Waals surface area contributed by atoms with Crippen LogP contribution in [0.15, 0.2) is 250 Å². The maximum absolute atomic E-state index is 7.34. The smallest absolute Gasteiger partial charge is 0.161 e. The number of rotatable bonds is 4. The molecule has 0 aliphatic carbocycles. The second kappa shape index (κ2) is 15.3. The Morgan fingerprint density at radius 2 is 1.01 bits per heavy atom. The van der Waals surface area contributed by atoms with Crippen molar-refractivity contribution in [2.75, 3.05) is 0 Å². The largest absolute Gasteiger partial charge is 0.454 e. The van der Waals surface area contributed by atoms with Crippen molar-refractivity contribution in [3.63, 3.8) is 0 Å². The van der Waals surface area contributed by atoms with Crippen molar-refractivity contribution in [1.29, 1.82) is 0 Å².